The maximum atomic E-state index is 13.7. The first-order valence-electron chi connectivity index (χ1n) is 12.3. The third kappa shape index (κ3) is 6.84. The molecule has 0 spiro atoms. The molecule has 4 rings (SSSR count). The Hall–Kier alpha value is -3.81. The average Bonchev–Trinajstić information content (AvgIpc) is 3.39. The summed E-state index contributed by atoms with van der Waals surface area (Å²) in [5, 5.41) is 1.81. The molecule has 1 fully saturated rings. The monoisotopic (exact) mass is 588 g/mol. The van der Waals surface area contributed by atoms with Gasteiger partial charge >= 0.3 is 10.2 Å². The lowest BCUT2D eigenvalue weighted by Gasteiger charge is -2.32. The van der Waals surface area contributed by atoms with Gasteiger partial charge in [-0.25, -0.2) is 14.1 Å². The van der Waals surface area contributed by atoms with Gasteiger partial charge in [-0.3, -0.25) is 9.59 Å². The van der Waals surface area contributed by atoms with Crippen LogP contribution in [-0.4, -0.2) is 67.9 Å². The van der Waals surface area contributed by atoms with E-state index in [1.807, 2.05) is 48.1 Å². The molecule has 3 aromatic rings. The molecular weight excluding hydrogens is 559 g/mol. The lowest BCUT2D eigenvalue weighted by atomic mass is 10.1. The number of thiazole rings is 1. The number of halogens is 1. The molecule has 2 heterocycles. The van der Waals surface area contributed by atoms with Crippen LogP contribution >= 0.6 is 11.3 Å². The molecule has 0 atom stereocenters. The Morgan fingerprint density at radius 3 is 2.42 bits per heavy atom. The third-order valence-corrected chi connectivity index (χ3v) is 8.45. The number of allylic oxidation sites excluding steroid dienone is 1. The second-order valence-corrected chi connectivity index (χ2v) is 11.6. The number of aromatic nitrogens is 1. The molecule has 10 nitrogen and oxygen atoms in total. The van der Waals surface area contributed by atoms with Gasteiger partial charge < -0.3 is 14.4 Å². The zero-order valence-corrected chi connectivity index (χ0v) is 23.8. The summed E-state index contributed by atoms with van der Waals surface area (Å²) < 4.78 is 51.2. The fraction of sp³-hybridized carbons (Fsp3) is 0.296. The Bertz CT molecular complexity index is 1480. The fourth-order valence-corrected chi connectivity index (χ4v) is 5.91. The number of nitrogens with zero attached hydrogens (tertiary/aromatic N) is 3. The van der Waals surface area contributed by atoms with Crippen LogP contribution in [0.1, 0.15) is 37.0 Å². The van der Waals surface area contributed by atoms with Crippen molar-refractivity contribution in [3.8, 4) is 11.5 Å². The molecule has 1 saturated heterocycles. The predicted molar refractivity (Wildman–Crippen MR) is 148 cm³/mol. The van der Waals surface area contributed by atoms with Crippen LogP contribution in [-0.2, 0) is 23.2 Å². The number of rotatable bonds is 11. The van der Waals surface area contributed by atoms with Crippen LogP contribution in [0.5, 0.6) is 11.5 Å². The van der Waals surface area contributed by atoms with Crippen LogP contribution in [0.2, 0.25) is 0 Å². The summed E-state index contributed by atoms with van der Waals surface area (Å²) in [6.45, 7) is 1.24. The summed E-state index contributed by atoms with van der Waals surface area (Å²) in [6, 6.07) is 13.0. The van der Waals surface area contributed by atoms with E-state index in [-0.39, 0.29) is 31.2 Å². The fourth-order valence-electron chi connectivity index (χ4n) is 3.95. The number of alkyl halides is 1. The number of benzene rings is 2. The van der Waals surface area contributed by atoms with E-state index < -0.39 is 22.3 Å². The molecule has 40 heavy (non-hydrogen) atoms. The Morgan fingerprint density at radius 1 is 1.18 bits per heavy atom. The van der Waals surface area contributed by atoms with Gasteiger partial charge in [0.2, 0.25) is 0 Å². The molecule has 2 aromatic carbocycles. The Morgan fingerprint density at radius 2 is 1.82 bits per heavy atom. The van der Waals surface area contributed by atoms with Crippen molar-refractivity contribution < 1.29 is 31.9 Å². The second-order valence-electron chi connectivity index (χ2n) is 8.99. The lowest BCUT2D eigenvalue weighted by Crippen LogP contribution is -2.56. The van der Waals surface area contributed by atoms with Gasteiger partial charge in [-0.1, -0.05) is 36.4 Å². The highest BCUT2D eigenvalue weighted by Gasteiger charge is 2.37. The van der Waals surface area contributed by atoms with Crippen molar-refractivity contribution in [2.75, 3.05) is 27.3 Å². The molecule has 1 aliphatic rings. The van der Waals surface area contributed by atoms with Crippen LogP contribution in [0.25, 0.3) is 0 Å². The number of carbonyl (C=O) groups excluding carboxylic acids is 2. The molecule has 2 amide bonds. The van der Waals surface area contributed by atoms with E-state index in [0.717, 1.165) is 26.8 Å². The van der Waals surface area contributed by atoms with E-state index in [1.54, 1.807) is 18.3 Å². The SMILES string of the molecule is COc1cc(C(=O)N(/C=C/Cc2ccccc2)Cc2nc(C(=O)NS(=O)(=O)N3CC(F)C3)cs2)cc(OC)c1C. The summed E-state index contributed by atoms with van der Waals surface area (Å²) in [5.41, 5.74) is 2.00. The maximum Gasteiger partial charge on any atom is 0.304 e. The van der Waals surface area contributed by atoms with Gasteiger partial charge in [0.05, 0.1) is 20.8 Å². The standard InChI is InChI=1S/C27H29FN4O6S2/c1-18-23(37-2)12-20(13-24(18)38-3)27(34)31(11-7-10-19-8-5-4-6-9-19)16-25-29-22(17-39-25)26(33)30-40(35,36)32-14-21(28)15-32/h4-9,11-13,17,21H,10,14-16H2,1-3H3,(H,30,33)/b11-7+. The molecule has 212 valence electrons. The molecule has 0 aliphatic carbocycles. The number of nitrogens with one attached hydrogen (secondary N) is 1. The highest BCUT2D eigenvalue weighted by molar-refractivity contribution is 7.87. The molecule has 0 saturated carbocycles. The molecule has 0 unspecified atom stereocenters. The van der Waals surface area contributed by atoms with E-state index in [2.05, 4.69) is 4.98 Å². The van der Waals surface area contributed by atoms with Crippen LogP contribution < -0.4 is 14.2 Å². The lowest BCUT2D eigenvalue weighted by molar-refractivity contribution is 0.0812. The summed E-state index contributed by atoms with van der Waals surface area (Å²) in [5.74, 6) is -0.309. The van der Waals surface area contributed by atoms with Crippen molar-refractivity contribution >= 4 is 33.4 Å². The number of methoxy groups -OCH3 is 2. The summed E-state index contributed by atoms with van der Waals surface area (Å²) in [7, 11) is -1.15. The molecule has 1 N–H and O–H groups in total. The minimum Gasteiger partial charge on any atom is -0.496 e. The minimum atomic E-state index is -4.16. The Kier molecular flexibility index (Phi) is 9.17. The molecule has 1 aromatic heterocycles. The quantitative estimate of drug-likeness (QED) is 0.364. The van der Waals surface area contributed by atoms with Crippen LogP contribution in [0, 0.1) is 6.92 Å². The molecule has 1 aliphatic heterocycles. The maximum absolute atomic E-state index is 13.7. The van der Waals surface area contributed by atoms with E-state index >= 15 is 0 Å². The van der Waals surface area contributed by atoms with E-state index in [9.17, 15) is 22.4 Å². The zero-order chi connectivity index (χ0) is 28.9. The van der Waals surface area contributed by atoms with Crippen molar-refractivity contribution in [2.45, 2.75) is 26.1 Å². The average molecular weight is 589 g/mol. The number of hydrogen-bond acceptors (Lipinski definition) is 8. The van der Waals surface area contributed by atoms with Crippen molar-refractivity contribution in [1.29, 1.82) is 0 Å². The number of amides is 2. The Balaban J connectivity index is 1.55. The summed E-state index contributed by atoms with van der Waals surface area (Å²) in [6.07, 6.45) is 2.82. The number of hydrogen-bond donors (Lipinski definition) is 1. The summed E-state index contributed by atoms with van der Waals surface area (Å²) >= 11 is 1.10. The van der Waals surface area contributed by atoms with Gasteiger partial charge in [0, 0.05) is 35.8 Å². The molecule has 0 bridgehead atoms. The number of carbonyl (C=O) groups is 2. The van der Waals surface area contributed by atoms with Crippen molar-refractivity contribution in [3.05, 3.63) is 87.5 Å². The largest absolute Gasteiger partial charge is 0.496 e. The number of ether oxygens (including phenoxy) is 2. The predicted octanol–water partition coefficient (Wildman–Crippen LogP) is 3.50. The minimum absolute atomic E-state index is 0.0168. The first-order chi connectivity index (χ1) is 19.1. The highest BCUT2D eigenvalue weighted by Crippen LogP contribution is 2.30. The second kappa shape index (κ2) is 12.6. The van der Waals surface area contributed by atoms with Crippen LogP contribution in [0.15, 0.2) is 60.1 Å². The highest BCUT2D eigenvalue weighted by atomic mass is 32.2. The smallest absolute Gasteiger partial charge is 0.304 e. The zero-order valence-electron chi connectivity index (χ0n) is 22.2. The van der Waals surface area contributed by atoms with Crippen molar-refractivity contribution in [1.82, 2.24) is 18.9 Å². The molecule has 13 heteroatoms. The van der Waals surface area contributed by atoms with Gasteiger partial charge in [0.25, 0.3) is 11.8 Å². The topological polar surface area (TPSA) is 118 Å². The van der Waals surface area contributed by atoms with Crippen molar-refractivity contribution in [3.63, 3.8) is 0 Å². The van der Waals surface area contributed by atoms with Crippen molar-refractivity contribution in [2.24, 2.45) is 0 Å². The van der Waals surface area contributed by atoms with Gasteiger partial charge in [0.1, 0.15) is 28.4 Å². The van der Waals surface area contributed by atoms with Gasteiger partial charge in [-0.2, -0.15) is 12.7 Å². The van der Waals surface area contributed by atoms with E-state index in [0.29, 0.717) is 28.5 Å². The first-order valence-corrected chi connectivity index (χ1v) is 14.6. The molecule has 0 radical (unpaired) electrons. The van der Waals surface area contributed by atoms with Gasteiger partial charge in [0.15, 0.2) is 0 Å². The van der Waals surface area contributed by atoms with E-state index in [4.69, 9.17) is 9.47 Å². The van der Waals surface area contributed by atoms with Crippen LogP contribution in [0.4, 0.5) is 4.39 Å². The first kappa shape index (κ1) is 29.2. The normalized spacial score (nSPS) is 14.1. The summed E-state index contributed by atoms with van der Waals surface area (Å²) in [4.78, 5) is 31.9. The van der Waals surface area contributed by atoms with Gasteiger partial charge in [-0.05, 0) is 31.0 Å². The van der Waals surface area contributed by atoms with E-state index in [1.165, 1.54) is 24.5 Å². The van der Waals surface area contributed by atoms with Gasteiger partial charge in [-0.15, -0.1) is 11.3 Å². The third-order valence-electron chi connectivity index (χ3n) is 6.20. The Labute approximate surface area is 236 Å². The van der Waals surface area contributed by atoms with Crippen LogP contribution in [0.3, 0.4) is 0 Å². The molecular formula is C27H29FN4O6S2.